The Kier molecular flexibility index (Phi) is 7.18. The molecule has 9 heteroatoms. The molecule has 8 nitrogen and oxygen atoms in total. The number of carbonyl (C=O) groups is 1. The van der Waals surface area contributed by atoms with Gasteiger partial charge in [-0.3, -0.25) is 4.79 Å². The number of methoxy groups -OCH3 is 1. The molecule has 0 saturated carbocycles. The predicted octanol–water partition coefficient (Wildman–Crippen LogP) is 1.36. The van der Waals surface area contributed by atoms with E-state index in [9.17, 15) is 13.2 Å². The molecule has 0 aliphatic carbocycles. The van der Waals surface area contributed by atoms with Crippen molar-refractivity contribution in [3.05, 3.63) is 41.5 Å². The average molecular weight is 438 g/mol. The first-order valence-electron chi connectivity index (χ1n) is 10.2. The number of hydrogen-bond acceptors (Lipinski definition) is 6. The highest BCUT2D eigenvalue weighted by molar-refractivity contribution is 7.89. The molecule has 1 atom stereocenters. The van der Waals surface area contributed by atoms with Crippen molar-refractivity contribution in [3.63, 3.8) is 0 Å². The predicted molar refractivity (Wildman–Crippen MR) is 115 cm³/mol. The number of amides is 1. The Morgan fingerprint density at radius 3 is 2.57 bits per heavy atom. The minimum atomic E-state index is -3.82. The third-order valence-electron chi connectivity index (χ3n) is 6.02. The molecule has 0 aromatic heterocycles. The molecule has 1 aromatic carbocycles. The van der Waals surface area contributed by atoms with Gasteiger partial charge in [0.1, 0.15) is 5.75 Å². The molecule has 1 saturated heterocycles. The smallest absolute Gasteiger partial charge is 0.256 e. The summed E-state index contributed by atoms with van der Waals surface area (Å²) < 4.78 is 39.0. The number of hydrogen-bond donors (Lipinski definition) is 2. The molecule has 3 rings (SSSR count). The fraction of sp³-hybridized carbons (Fsp3) is 0.571. The van der Waals surface area contributed by atoms with Crippen LogP contribution in [0.1, 0.15) is 29.6 Å². The van der Waals surface area contributed by atoms with Crippen molar-refractivity contribution in [2.45, 2.75) is 24.6 Å². The maximum atomic E-state index is 13.5. The van der Waals surface area contributed by atoms with Crippen molar-refractivity contribution < 1.29 is 22.7 Å². The van der Waals surface area contributed by atoms with Gasteiger partial charge in [-0.25, -0.2) is 12.7 Å². The Hall–Kier alpha value is -1.94. The fourth-order valence-corrected chi connectivity index (χ4v) is 5.98. The minimum absolute atomic E-state index is 0.309. The minimum Gasteiger partial charge on any atom is -0.496 e. The summed E-state index contributed by atoms with van der Waals surface area (Å²) in [6, 6.07) is 6.82. The summed E-state index contributed by atoms with van der Waals surface area (Å²) in [5.41, 5.74) is 0.658. The number of sulfonamides is 1. The molecule has 0 bridgehead atoms. The zero-order valence-corrected chi connectivity index (χ0v) is 18.6. The van der Waals surface area contributed by atoms with Crippen LogP contribution in [0.15, 0.2) is 35.9 Å². The molecular weight excluding hydrogens is 406 g/mol. The van der Waals surface area contributed by atoms with E-state index in [1.807, 2.05) is 6.08 Å². The van der Waals surface area contributed by atoms with E-state index >= 15 is 0 Å². The summed E-state index contributed by atoms with van der Waals surface area (Å²) in [5, 5.41) is 5.10. The van der Waals surface area contributed by atoms with Crippen LogP contribution >= 0.6 is 0 Å². The zero-order valence-electron chi connectivity index (χ0n) is 17.8. The monoisotopic (exact) mass is 437 g/mol. The maximum absolute atomic E-state index is 13.5. The molecule has 166 valence electrons. The SMILES string of the molecule is COc1ccccc1C(=O)NC(C1(C2=CCOCC2)CCNCC1)S(=O)(=O)N(C)C. The summed E-state index contributed by atoms with van der Waals surface area (Å²) in [6.45, 7) is 2.38. The first-order chi connectivity index (χ1) is 14.3. The zero-order chi connectivity index (χ0) is 21.8. The second-order valence-corrected chi connectivity index (χ2v) is 10.1. The number of nitrogens with one attached hydrogen (secondary N) is 2. The van der Waals surface area contributed by atoms with Gasteiger partial charge in [0.2, 0.25) is 10.0 Å². The van der Waals surface area contributed by atoms with Gasteiger partial charge in [0.05, 0.1) is 25.9 Å². The number of ether oxygens (including phenoxy) is 2. The lowest BCUT2D eigenvalue weighted by Crippen LogP contribution is -2.59. The van der Waals surface area contributed by atoms with Gasteiger partial charge in [0, 0.05) is 19.5 Å². The quantitative estimate of drug-likeness (QED) is 0.625. The van der Waals surface area contributed by atoms with Crippen LogP contribution in [-0.4, -0.2) is 71.5 Å². The molecule has 1 fully saturated rings. The molecule has 1 aromatic rings. The Bertz CT molecular complexity index is 892. The lowest BCUT2D eigenvalue weighted by atomic mass is 9.70. The van der Waals surface area contributed by atoms with E-state index in [0.29, 0.717) is 56.9 Å². The molecule has 2 heterocycles. The highest BCUT2D eigenvalue weighted by Crippen LogP contribution is 2.45. The van der Waals surface area contributed by atoms with Gasteiger partial charge in [-0.15, -0.1) is 0 Å². The third kappa shape index (κ3) is 4.39. The van der Waals surface area contributed by atoms with E-state index in [0.717, 1.165) is 5.57 Å². The van der Waals surface area contributed by atoms with Crippen molar-refractivity contribution in [2.24, 2.45) is 5.41 Å². The van der Waals surface area contributed by atoms with Crippen LogP contribution in [0.5, 0.6) is 5.75 Å². The second kappa shape index (κ2) is 9.47. The molecule has 0 radical (unpaired) electrons. The first-order valence-corrected chi connectivity index (χ1v) is 11.7. The molecule has 30 heavy (non-hydrogen) atoms. The third-order valence-corrected chi connectivity index (χ3v) is 8.20. The Morgan fingerprint density at radius 2 is 1.97 bits per heavy atom. The summed E-state index contributed by atoms with van der Waals surface area (Å²) in [4.78, 5) is 13.2. The first kappa shape index (κ1) is 22.7. The Balaban J connectivity index is 2.07. The molecule has 2 aliphatic heterocycles. The molecular formula is C21H31N3O5S. The Labute approximate surface area is 178 Å². The van der Waals surface area contributed by atoms with Crippen LogP contribution in [0.4, 0.5) is 0 Å². The number of para-hydroxylation sites is 1. The molecule has 2 N–H and O–H groups in total. The van der Waals surface area contributed by atoms with Crippen LogP contribution in [0.25, 0.3) is 0 Å². The van der Waals surface area contributed by atoms with Crippen molar-refractivity contribution >= 4 is 15.9 Å². The van der Waals surface area contributed by atoms with Crippen molar-refractivity contribution in [2.75, 3.05) is 47.5 Å². The van der Waals surface area contributed by atoms with Crippen LogP contribution < -0.4 is 15.4 Å². The van der Waals surface area contributed by atoms with Crippen LogP contribution in [0.3, 0.4) is 0 Å². The van der Waals surface area contributed by atoms with Crippen molar-refractivity contribution in [1.82, 2.24) is 14.9 Å². The lowest BCUT2D eigenvalue weighted by Gasteiger charge is -2.46. The van der Waals surface area contributed by atoms with E-state index in [4.69, 9.17) is 9.47 Å². The fourth-order valence-electron chi connectivity index (χ4n) is 4.34. The standard InChI is InChI=1S/C21H31N3O5S/c1-24(2)30(26,27)20(23-19(25)17-6-4-5-7-18(17)28-3)21(10-12-22-13-11-21)16-8-14-29-15-9-16/h4-8,20,22H,9-15H2,1-3H3,(H,23,25). The van der Waals surface area contributed by atoms with E-state index in [1.54, 1.807) is 24.3 Å². The number of piperidine rings is 1. The van der Waals surface area contributed by atoms with Crippen molar-refractivity contribution in [1.29, 1.82) is 0 Å². The van der Waals surface area contributed by atoms with Gasteiger partial charge in [-0.05, 0) is 44.5 Å². The summed E-state index contributed by atoms with van der Waals surface area (Å²) >= 11 is 0. The maximum Gasteiger partial charge on any atom is 0.256 e. The second-order valence-electron chi connectivity index (χ2n) is 7.84. The summed E-state index contributed by atoms with van der Waals surface area (Å²) in [7, 11) is 0.679. The van der Waals surface area contributed by atoms with E-state index < -0.39 is 26.7 Å². The van der Waals surface area contributed by atoms with E-state index in [1.165, 1.54) is 25.5 Å². The highest BCUT2D eigenvalue weighted by atomic mass is 32.2. The van der Waals surface area contributed by atoms with Gasteiger partial charge >= 0.3 is 0 Å². The number of carbonyl (C=O) groups excluding carboxylic acids is 1. The van der Waals surface area contributed by atoms with Crippen LogP contribution in [0, 0.1) is 5.41 Å². The topological polar surface area (TPSA) is 97.0 Å². The van der Waals surface area contributed by atoms with Gasteiger partial charge in [-0.2, -0.15) is 0 Å². The number of nitrogens with zero attached hydrogens (tertiary/aromatic N) is 1. The largest absolute Gasteiger partial charge is 0.496 e. The molecule has 0 spiro atoms. The Morgan fingerprint density at radius 1 is 1.27 bits per heavy atom. The van der Waals surface area contributed by atoms with E-state index in [2.05, 4.69) is 10.6 Å². The molecule has 2 aliphatic rings. The van der Waals surface area contributed by atoms with E-state index in [-0.39, 0.29) is 0 Å². The van der Waals surface area contributed by atoms with Gasteiger partial charge in [0.25, 0.3) is 5.91 Å². The number of benzene rings is 1. The van der Waals surface area contributed by atoms with Crippen LogP contribution in [0.2, 0.25) is 0 Å². The normalized spacial score (nSPS) is 20.3. The van der Waals surface area contributed by atoms with Gasteiger partial charge in [0.15, 0.2) is 5.37 Å². The number of rotatable bonds is 7. The van der Waals surface area contributed by atoms with Gasteiger partial charge < -0.3 is 20.1 Å². The van der Waals surface area contributed by atoms with Gasteiger partial charge in [-0.1, -0.05) is 23.8 Å². The lowest BCUT2D eigenvalue weighted by molar-refractivity contribution is 0.0890. The highest BCUT2D eigenvalue weighted by Gasteiger charge is 2.51. The van der Waals surface area contributed by atoms with Crippen molar-refractivity contribution in [3.8, 4) is 5.75 Å². The van der Waals surface area contributed by atoms with Crippen LogP contribution in [-0.2, 0) is 14.8 Å². The summed E-state index contributed by atoms with van der Waals surface area (Å²) in [5.74, 6) is -0.0610. The average Bonchev–Trinajstić information content (AvgIpc) is 2.78. The summed E-state index contributed by atoms with van der Waals surface area (Å²) in [6.07, 6.45) is 3.87. The molecule has 1 amide bonds. The molecule has 1 unspecified atom stereocenters.